The maximum atomic E-state index is 12.2. The molecule has 0 aliphatic heterocycles. The van der Waals surface area contributed by atoms with E-state index in [1.54, 1.807) is 7.05 Å². The average molecular weight is 296 g/mol. The standard InChI is InChI=1S/C9H17N5O2S.ClH/c1-9(6-10,7-3-4-7)12-17(15,16)8-5-11-13-14(8)2;/h5,7,12H,3-4,6,10H2,1-2H3;1H. The Balaban J connectivity index is 0.00000162. The molecule has 7 nitrogen and oxygen atoms in total. The predicted molar refractivity (Wildman–Crippen MR) is 68.8 cm³/mol. The van der Waals surface area contributed by atoms with Crippen LogP contribution in [0.5, 0.6) is 0 Å². The molecule has 0 saturated heterocycles. The fourth-order valence-corrected chi connectivity index (χ4v) is 3.43. The molecule has 1 aromatic heterocycles. The van der Waals surface area contributed by atoms with Gasteiger partial charge in [-0.25, -0.2) is 17.8 Å². The van der Waals surface area contributed by atoms with Crippen molar-refractivity contribution in [3.05, 3.63) is 6.20 Å². The van der Waals surface area contributed by atoms with Crippen LogP contribution in [-0.4, -0.2) is 35.5 Å². The fourth-order valence-electron chi connectivity index (χ4n) is 1.89. The quantitative estimate of drug-likeness (QED) is 0.772. The van der Waals surface area contributed by atoms with Crippen molar-refractivity contribution >= 4 is 22.4 Å². The van der Waals surface area contributed by atoms with E-state index in [1.165, 1.54) is 10.9 Å². The first-order valence-corrected chi connectivity index (χ1v) is 6.96. The lowest BCUT2D eigenvalue weighted by Crippen LogP contribution is -2.53. The van der Waals surface area contributed by atoms with Crippen molar-refractivity contribution in [1.82, 2.24) is 19.7 Å². The zero-order valence-electron chi connectivity index (χ0n) is 10.3. The summed E-state index contributed by atoms with van der Waals surface area (Å²) >= 11 is 0. The molecule has 1 heterocycles. The first kappa shape index (κ1) is 15.4. The SMILES string of the molecule is Cl.Cn1nncc1S(=O)(=O)NC(C)(CN)C1CC1. The van der Waals surface area contributed by atoms with Crippen molar-refractivity contribution in [3.63, 3.8) is 0 Å². The second-order valence-corrected chi connectivity index (χ2v) is 6.33. The summed E-state index contributed by atoms with van der Waals surface area (Å²) in [5.74, 6) is 0.323. The zero-order chi connectivity index (χ0) is 12.7. The molecule has 104 valence electrons. The fraction of sp³-hybridized carbons (Fsp3) is 0.778. The lowest BCUT2D eigenvalue weighted by molar-refractivity contribution is 0.372. The molecular weight excluding hydrogens is 278 g/mol. The number of nitrogens with one attached hydrogen (secondary N) is 1. The van der Waals surface area contributed by atoms with Crippen molar-refractivity contribution in [2.45, 2.75) is 30.3 Å². The van der Waals surface area contributed by atoms with Gasteiger partial charge >= 0.3 is 0 Å². The van der Waals surface area contributed by atoms with E-state index in [2.05, 4.69) is 15.0 Å². The number of aromatic nitrogens is 3. The molecule has 1 aliphatic rings. The first-order chi connectivity index (χ1) is 7.89. The highest BCUT2D eigenvalue weighted by molar-refractivity contribution is 7.89. The maximum absolute atomic E-state index is 12.2. The van der Waals surface area contributed by atoms with Gasteiger partial charge in [0.1, 0.15) is 0 Å². The first-order valence-electron chi connectivity index (χ1n) is 5.48. The van der Waals surface area contributed by atoms with Gasteiger partial charge in [-0.3, -0.25) is 0 Å². The van der Waals surface area contributed by atoms with E-state index in [9.17, 15) is 8.42 Å². The normalized spacial score (nSPS) is 19.1. The van der Waals surface area contributed by atoms with Gasteiger partial charge in [0.25, 0.3) is 10.0 Å². The Morgan fingerprint density at radius 2 is 2.22 bits per heavy atom. The van der Waals surface area contributed by atoms with Gasteiger partial charge in [0.05, 0.1) is 6.20 Å². The Hall–Kier alpha value is -0.700. The summed E-state index contributed by atoms with van der Waals surface area (Å²) in [4.78, 5) is 0. The molecule has 0 bridgehead atoms. The van der Waals surface area contributed by atoms with Gasteiger partial charge in [-0.2, -0.15) is 0 Å². The topological polar surface area (TPSA) is 103 Å². The molecule has 1 fully saturated rings. The Kier molecular flexibility index (Phi) is 4.37. The Bertz CT molecular complexity index is 513. The van der Waals surface area contributed by atoms with E-state index in [-0.39, 0.29) is 24.0 Å². The minimum atomic E-state index is -3.61. The number of halogens is 1. The average Bonchev–Trinajstić information content (AvgIpc) is 3.01. The van der Waals surface area contributed by atoms with E-state index in [1.807, 2.05) is 6.92 Å². The van der Waals surface area contributed by atoms with Crippen LogP contribution in [-0.2, 0) is 17.1 Å². The van der Waals surface area contributed by atoms with Crippen LogP contribution in [0.25, 0.3) is 0 Å². The molecule has 18 heavy (non-hydrogen) atoms. The van der Waals surface area contributed by atoms with Crippen LogP contribution >= 0.6 is 12.4 Å². The molecule has 0 aromatic carbocycles. The van der Waals surface area contributed by atoms with Crippen molar-refractivity contribution in [2.75, 3.05) is 6.54 Å². The molecule has 1 unspecified atom stereocenters. The molecule has 9 heteroatoms. The van der Waals surface area contributed by atoms with Gasteiger partial charge in [-0.05, 0) is 25.7 Å². The smallest absolute Gasteiger partial charge is 0.259 e. The second kappa shape index (κ2) is 5.12. The summed E-state index contributed by atoms with van der Waals surface area (Å²) in [6.45, 7) is 2.12. The van der Waals surface area contributed by atoms with E-state index in [0.717, 1.165) is 12.8 Å². The molecule has 1 atom stereocenters. The van der Waals surface area contributed by atoms with Crippen molar-refractivity contribution in [3.8, 4) is 0 Å². The molecule has 0 radical (unpaired) electrons. The maximum Gasteiger partial charge on any atom is 0.259 e. The number of aryl methyl sites for hydroxylation is 1. The Morgan fingerprint density at radius 1 is 1.61 bits per heavy atom. The zero-order valence-corrected chi connectivity index (χ0v) is 12.0. The van der Waals surface area contributed by atoms with Crippen LogP contribution in [0.3, 0.4) is 0 Å². The second-order valence-electron chi connectivity index (χ2n) is 4.70. The Labute approximate surface area is 113 Å². The molecule has 3 N–H and O–H groups in total. The summed E-state index contributed by atoms with van der Waals surface area (Å²) < 4.78 is 28.2. The third kappa shape index (κ3) is 2.82. The van der Waals surface area contributed by atoms with E-state index >= 15 is 0 Å². The lowest BCUT2D eigenvalue weighted by atomic mass is 9.98. The summed E-state index contributed by atoms with van der Waals surface area (Å²) in [5.41, 5.74) is 5.10. The Morgan fingerprint density at radius 3 is 2.61 bits per heavy atom. The summed E-state index contributed by atoms with van der Waals surface area (Å²) in [7, 11) is -2.07. The molecule has 0 spiro atoms. The highest BCUT2D eigenvalue weighted by atomic mass is 35.5. The summed E-state index contributed by atoms with van der Waals surface area (Å²) in [6, 6.07) is 0. The van der Waals surface area contributed by atoms with Crippen molar-refractivity contribution < 1.29 is 8.42 Å². The van der Waals surface area contributed by atoms with Crippen LogP contribution < -0.4 is 10.5 Å². The summed E-state index contributed by atoms with van der Waals surface area (Å²) in [5, 5.41) is 7.24. The summed E-state index contributed by atoms with van der Waals surface area (Å²) in [6.07, 6.45) is 3.26. The molecule has 0 amide bonds. The van der Waals surface area contributed by atoms with Crippen molar-refractivity contribution in [2.24, 2.45) is 18.7 Å². The molecule has 1 aromatic rings. The monoisotopic (exact) mass is 295 g/mol. The van der Waals surface area contributed by atoms with Crippen molar-refractivity contribution in [1.29, 1.82) is 0 Å². The van der Waals surface area contributed by atoms with Gasteiger partial charge in [0.2, 0.25) is 0 Å². The van der Waals surface area contributed by atoms with Gasteiger partial charge in [-0.15, -0.1) is 17.5 Å². The van der Waals surface area contributed by atoms with Crippen LogP contribution in [0.15, 0.2) is 11.2 Å². The highest BCUT2D eigenvalue weighted by Crippen LogP contribution is 2.39. The van der Waals surface area contributed by atoms with Gasteiger partial charge in [0, 0.05) is 19.1 Å². The van der Waals surface area contributed by atoms with Gasteiger partial charge in [0.15, 0.2) is 5.03 Å². The lowest BCUT2D eigenvalue weighted by Gasteiger charge is -2.28. The number of nitrogens with two attached hydrogens (primary N) is 1. The highest BCUT2D eigenvalue weighted by Gasteiger charge is 2.43. The molecular formula is C9H18ClN5O2S. The number of hydrogen-bond donors (Lipinski definition) is 2. The minimum Gasteiger partial charge on any atom is -0.329 e. The minimum absolute atomic E-state index is 0. The number of sulfonamides is 1. The predicted octanol–water partition coefficient (Wildman–Crippen LogP) is -0.357. The number of rotatable bonds is 5. The number of nitrogens with zero attached hydrogens (tertiary/aromatic N) is 3. The molecule has 1 aliphatic carbocycles. The largest absolute Gasteiger partial charge is 0.329 e. The van der Waals surface area contributed by atoms with Gasteiger partial charge in [-0.1, -0.05) is 5.21 Å². The van der Waals surface area contributed by atoms with Crippen LogP contribution in [0, 0.1) is 5.92 Å². The number of hydrogen-bond acceptors (Lipinski definition) is 5. The third-order valence-corrected chi connectivity index (χ3v) is 4.87. The van der Waals surface area contributed by atoms with E-state index in [0.29, 0.717) is 5.92 Å². The van der Waals surface area contributed by atoms with Gasteiger partial charge < -0.3 is 5.73 Å². The third-order valence-electron chi connectivity index (χ3n) is 3.22. The van der Waals surface area contributed by atoms with E-state index < -0.39 is 15.6 Å². The molecule has 1 saturated carbocycles. The van der Waals surface area contributed by atoms with E-state index in [4.69, 9.17) is 5.73 Å². The molecule has 2 rings (SSSR count). The van der Waals surface area contributed by atoms with Crippen LogP contribution in [0.4, 0.5) is 0 Å². The van der Waals surface area contributed by atoms with Crippen LogP contribution in [0.1, 0.15) is 19.8 Å². The van der Waals surface area contributed by atoms with Crippen LogP contribution in [0.2, 0.25) is 0 Å².